The van der Waals surface area contributed by atoms with Crippen LogP contribution in [0.5, 0.6) is 0 Å². The lowest BCUT2D eigenvalue weighted by Gasteiger charge is -2.55. The highest BCUT2D eigenvalue weighted by atomic mass is 15.3. The van der Waals surface area contributed by atoms with Gasteiger partial charge < -0.3 is 9.80 Å². The zero-order chi connectivity index (χ0) is 46.7. The van der Waals surface area contributed by atoms with E-state index in [4.69, 9.17) is 0 Å². The molecule has 340 valence electrons. The van der Waals surface area contributed by atoms with E-state index in [2.05, 4.69) is 233 Å². The predicted molar refractivity (Wildman–Crippen MR) is 288 cm³/mol. The second kappa shape index (κ2) is 14.2. The molecule has 0 saturated heterocycles. The molecule has 14 rings (SSSR count). The number of fused-ring (bicyclic) bond motifs is 16. The normalized spacial score (nSPS) is 24.4. The summed E-state index contributed by atoms with van der Waals surface area (Å²) in [6, 6.07) is 70.7. The average Bonchev–Trinajstić information content (AvgIpc) is 4.02. The SMILES string of the molecule is CC1(C)CCCC2c3cc(-c4ccc5c(c4)C4(c6ccccc6-c6ccccc64)c4cc(-c6ccc7c(c6)C6CCCC(C)(C)C6(C)N7c6ccccc6)ccc4-5)ccc3N(c3ccccc3)C21C. The van der Waals surface area contributed by atoms with Gasteiger partial charge in [0, 0.05) is 34.6 Å². The van der Waals surface area contributed by atoms with E-state index >= 15 is 0 Å². The van der Waals surface area contributed by atoms with E-state index in [0.717, 1.165) is 0 Å². The Morgan fingerprint density at radius 2 is 0.725 bits per heavy atom. The Morgan fingerprint density at radius 3 is 1.16 bits per heavy atom. The third-order valence-corrected chi connectivity index (χ3v) is 19.7. The molecule has 1 spiro atoms. The largest absolute Gasteiger partial charge is 0.334 e. The van der Waals surface area contributed by atoms with Gasteiger partial charge in [-0.05, 0) is 189 Å². The number of anilines is 4. The van der Waals surface area contributed by atoms with Crippen molar-refractivity contribution in [3.63, 3.8) is 0 Å². The van der Waals surface area contributed by atoms with Crippen LogP contribution in [0.4, 0.5) is 22.7 Å². The molecule has 0 N–H and O–H groups in total. The molecule has 2 heterocycles. The van der Waals surface area contributed by atoms with Crippen LogP contribution in [0.2, 0.25) is 0 Å². The fourth-order valence-electron chi connectivity index (χ4n) is 15.7. The summed E-state index contributed by atoms with van der Waals surface area (Å²) < 4.78 is 0. The molecule has 8 aromatic carbocycles. The van der Waals surface area contributed by atoms with Gasteiger partial charge >= 0.3 is 0 Å². The third-order valence-electron chi connectivity index (χ3n) is 19.7. The molecule has 2 nitrogen and oxygen atoms in total. The van der Waals surface area contributed by atoms with Crippen LogP contribution in [-0.4, -0.2) is 11.1 Å². The van der Waals surface area contributed by atoms with E-state index < -0.39 is 5.41 Å². The van der Waals surface area contributed by atoms with Gasteiger partial charge in [0.05, 0.1) is 16.5 Å². The van der Waals surface area contributed by atoms with Crippen molar-refractivity contribution < 1.29 is 0 Å². The van der Waals surface area contributed by atoms with Crippen LogP contribution in [-0.2, 0) is 5.41 Å². The van der Waals surface area contributed by atoms with Crippen LogP contribution in [0, 0.1) is 10.8 Å². The van der Waals surface area contributed by atoms with E-state index in [1.807, 2.05) is 0 Å². The first-order valence-corrected chi connectivity index (χ1v) is 25.9. The van der Waals surface area contributed by atoms with Crippen molar-refractivity contribution in [2.75, 3.05) is 9.80 Å². The zero-order valence-electron chi connectivity index (χ0n) is 41.1. The van der Waals surface area contributed by atoms with E-state index in [1.54, 1.807) is 0 Å². The van der Waals surface area contributed by atoms with E-state index in [0.29, 0.717) is 11.8 Å². The molecule has 2 heteroatoms. The molecule has 8 aromatic rings. The molecule has 0 aromatic heterocycles. The van der Waals surface area contributed by atoms with Crippen molar-refractivity contribution in [2.24, 2.45) is 10.8 Å². The minimum atomic E-state index is -0.455. The summed E-state index contributed by atoms with van der Waals surface area (Å²) in [7, 11) is 0. The second-order valence-corrected chi connectivity index (χ2v) is 23.2. The Morgan fingerprint density at radius 1 is 0.362 bits per heavy atom. The average molecular weight is 895 g/mol. The minimum absolute atomic E-state index is 0.0288. The summed E-state index contributed by atoms with van der Waals surface area (Å²) in [6.07, 6.45) is 7.42. The van der Waals surface area contributed by atoms with E-state index in [9.17, 15) is 0 Å². The van der Waals surface area contributed by atoms with Crippen LogP contribution < -0.4 is 9.80 Å². The molecule has 2 saturated carbocycles. The lowest BCUT2D eigenvalue weighted by atomic mass is 9.58. The van der Waals surface area contributed by atoms with Crippen molar-refractivity contribution in [1.82, 2.24) is 0 Å². The Hall–Kier alpha value is -6.64. The van der Waals surface area contributed by atoms with Gasteiger partial charge in [0.25, 0.3) is 0 Å². The van der Waals surface area contributed by atoms with Crippen LogP contribution in [0.15, 0.2) is 182 Å². The van der Waals surface area contributed by atoms with Crippen molar-refractivity contribution in [3.05, 3.63) is 215 Å². The van der Waals surface area contributed by atoms with Gasteiger partial charge in [-0.3, -0.25) is 0 Å². The maximum absolute atomic E-state index is 2.71. The lowest BCUT2D eigenvalue weighted by Crippen LogP contribution is -2.56. The van der Waals surface area contributed by atoms with Crippen LogP contribution in [0.25, 0.3) is 44.5 Å². The van der Waals surface area contributed by atoms with E-state index in [-0.39, 0.29) is 21.9 Å². The number of benzene rings is 8. The van der Waals surface area contributed by atoms with E-state index in [1.165, 1.54) is 139 Å². The topological polar surface area (TPSA) is 6.48 Å². The van der Waals surface area contributed by atoms with Crippen molar-refractivity contribution in [1.29, 1.82) is 0 Å². The van der Waals surface area contributed by atoms with Gasteiger partial charge in [-0.2, -0.15) is 0 Å². The van der Waals surface area contributed by atoms with Crippen molar-refractivity contribution in [2.45, 2.75) is 108 Å². The molecule has 6 aliphatic rings. The highest BCUT2D eigenvalue weighted by Crippen LogP contribution is 2.67. The number of para-hydroxylation sites is 2. The first-order chi connectivity index (χ1) is 33.5. The van der Waals surface area contributed by atoms with Gasteiger partial charge in [0.15, 0.2) is 0 Å². The van der Waals surface area contributed by atoms with Crippen molar-refractivity contribution in [3.8, 4) is 44.5 Å². The molecule has 4 aliphatic carbocycles. The molecule has 2 aliphatic heterocycles. The first-order valence-electron chi connectivity index (χ1n) is 25.9. The molecular formula is C67H62N2. The first kappa shape index (κ1) is 41.3. The van der Waals surface area contributed by atoms with Gasteiger partial charge in [-0.1, -0.05) is 162 Å². The summed E-state index contributed by atoms with van der Waals surface area (Å²) in [5.41, 5.74) is 24.3. The minimum Gasteiger partial charge on any atom is -0.334 e. The van der Waals surface area contributed by atoms with Crippen LogP contribution in [0.1, 0.15) is 125 Å². The second-order valence-electron chi connectivity index (χ2n) is 23.2. The highest BCUT2D eigenvalue weighted by molar-refractivity contribution is 5.97. The fraction of sp³-hybridized carbons (Fsp3) is 0.284. The van der Waals surface area contributed by atoms with Crippen LogP contribution >= 0.6 is 0 Å². The number of hydrogen-bond donors (Lipinski definition) is 0. The fourth-order valence-corrected chi connectivity index (χ4v) is 15.7. The summed E-state index contributed by atoms with van der Waals surface area (Å²) >= 11 is 0. The maximum Gasteiger partial charge on any atom is 0.0725 e. The Bertz CT molecular complexity index is 3190. The quantitative estimate of drug-likeness (QED) is 0.174. The van der Waals surface area contributed by atoms with Gasteiger partial charge in [0.1, 0.15) is 0 Å². The summed E-state index contributed by atoms with van der Waals surface area (Å²) in [5.74, 6) is 0.903. The molecule has 4 unspecified atom stereocenters. The summed E-state index contributed by atoms with van der Waals surface area (Å²) in [5, 5.41) is 0. The van der Waals surface area contributed by atoms with Gasteiger partial charge in [0.2, 0.25) is 0 Å². The van der Waals surface area contributed by atoms with Crippen molar-refractivity contribution >= 4 is 22.7 Å². The maximum atomic E-state index is 2.71. The standard InChI is InChI=1S/C67H62N2/c1-63(2)37-17-27-55-53-39-43(31-35-61(53)68(65(55,63)5)47-19-9-7-10-20-47)45-29-33-51-52-34-30-46(42-60(52)67(59(51)41-45)57-25-15-13-23-49(57)50-24-14-16-26-58(50)67)44-32-36-62-54(40-44)56-28-18-38-64(3,4)66(56,6)69(62)48-21-11-8-12-22-48/h7-16,19-26,29-36,39-42,55-56H,17-18,27-28,37-38H2,1-6H3. The molecule has 2 fully saturated rings. The molecule has 0 bridgehead atoms. The summed E-state index contributed by atoms with van der Waals surface area (Å²) in [6.45, 7) is 15.2. The molecule has 0 radical (unpaired) electrons. The smallest absolute Gasteiger partial charge is 0.0725 e. The Balaban J connectivity index is 0.936. The van der Waals surface area contributed by atoms with Crippen LogP contribution in [0.3, 0.4) is 0 Å². The Labute approximate surface area is 409 Å². The molecule has 69 heavy (non-hydrogen) atoms. The highest BCUT2D eigenvalue weighted by Gasteiger charge is 2.60. The number of rotatable bonds is 4. The third kappa shape index (κ3) is 5.23. The van der Waals surface area contributed by atoms with Gasteiger partial charge in [-0.25, -0.2) is 0 Å². The summed E-state index contributed by atoms with van der Waals surface area (Å²) in [4.78, 5) is 5.42. The Kier molecular flexibility index (Phi) is 8.52. The molecular weight excluding hydrogens is 833 g/mol. The lowest BCUT2D eigenvalue weighted by molar-refractivity contribution is 0.101. The van der Waals surface area contributed by atoms with Gasteiger partial charge in [-0.15, -0.1) is 0 Å². The predicted octanol–water partition coefficient (Wildman–Crippen LogP) is 17.8. The number of nitrogens with zero attached hydrogens (tertiary/aromatic N) is 2. The molecule has 4 atom stereocenters. The number of hydrogen-bond acceptors (Lipinski definition) is 2. The molecule has 0 amide bonds. The zero-order valence-corrected chi connectivity index (χ0v) is 41.1. The monoisotopic (exact) mass is 894 g/mol.